The number of benzene rings is 2. The molecule has 0 atom stereocenters. The van der Waals surface area contributed by atoms with Crippen LogP contribution in [0.3, 0.4) is 0 Å². The lowest BCUT2D eigenvalue weighted by atomic mass is 10.0. The number of ether oxygens (including phenoxy) is 1. The second kappa shape index (κ2) is 9.58. The summed E-state index contributed by atoms with van der Waals surface area (Å²) in [7, 11) is 0. The van der Waals surface area contributed by atoms with Gasteiger partial charge in [-0.2, -0.15) is 5.10 Å². The van der Waals surface area contributed by atoms with Crippen molar-refractivity contribution in [3.63, 3.8) is 0 Å². The lowest BCUT2D eigenvalue weighted by Gasteiger charge is -2.15. The summed E-state index contributed by atoms with van der Waals surface area (Å²) in [5, 5.41) is 14.0. The molecule has 171 valence electrons. The Morgan fingerprint density at radius 3 is 2.32 bits per heavy atom. The number of Topliss-reactive ketones (excluding diaryl/α,β-unsaturated/α-hetero) is 1. The van der Waals surface area contributed by atoms with Crippen LogP contribution < -0.4 is 10.5 Å². The number of rotatable bonds is 9. The zero-order chi connectivity index (χ0) is 24.2. The second-order valence-electron chi connectivity index (χ2n) is 7.65. The summed E-state index contributed by atoms with van der Waals surface area (Å²) >= 11 is 0. The first-order valence-corrected chi connectivity index (χ1v) is 10.7. The number of fused-ring (bicyclic) bond motifs is 1. The molecule has 4 aromatic rings. The molecule has 0 saturated heterocycles. The van der Waals surface area contributed by atoms with Gasteiger partial charge in [0.1, 0.15) is 11.2 Å². The molecule has 1 radical (unpaired) electrons. The van der Waals surface area contributed by atoms with Crippen LogP contribution in [0.5, 0.6) is 5.75 Å². The molecule has 0 unspecified atom stereocenters. The molecule has 0 aliphatic carbocycles. The van der Waals surface area contributed by atoms with E-state index in [0.717, 1.165) is 16.8 Å². The Labute approximate surface area is 195 Å². The van der Waals surface area contributed by atoms with E-state index in [9.17, 15) is 19.5 Å². The van der Waals surface area contributed by atoms with Crippen LogP contribution in [0.2, 0.25) is 0 Å². The molecule has 2 aromatic carbocycles. The van der Waals surface area contributed by atoms with Crippen molar-refractivity contribution in [1.29, 1.82) is 0 Å². The third-order valence-corrected chi connectivity index (χ3v) is 5.55. The third kappa shape index (κ3) is 4.13. The molecule has 2 aromatic heterocycles. The van der Waals surface area contributed by atoms with E-state index in [1.807, 2.05) is 37.3 Å². The lowest BCUT2D eigenvalue weighted by molar-refractivity contribution is -0.139. The van der Waals surface area contributed by atoms with Crippen molar-refractivity contribution in [3.8, 4) is 17.0 Å². The van der Waals surface area contributed by atoms with E-state index < -0.39 is 18.4 Å². The van der Waals surface area contributed by atoms with Gasteiger partial charge in [0.25, 0.3) is 6.29 Å². The number of carbonyl (C=O) groups is 2. The zero-order valence-electron chi connectivity index (χ0n) is 18.4. The standard InChI is InChI=1S/C26H22N3O5/c1-2-18-19(13-16-9-5-3-6-10-16)29-25(23(18)27)26(34-15-21(32)33)22(20(31)14-30)24(28-29)17-11-7-4-8-12-17/h3-12H,2,13,15,27H2,1H3,(H,32,33). The van der Waals surface area contributed by atoms with Crippen LogP contribution in [0.25, 0.3) is 16.8 Å². The smallest absolute Gasteiger partial charge is 0.341 e. The minimum absolute atomic E-state index is 0.101. The Bertz CT molecular complexity index is 1380. The summed E-state index contributed by atoms with van der Waals surface area (Å²) < 4.78 is 7.20. The number of nitrogens with two attached hydrogens (primary N) is 1. The predicted molar refractivity (Wildman–Crippen MR) is 127 cm³/mol. The first-order valence-electron chi connectivity index (χ1n) is 10.7. The number of aromatic nitrogens is 2. The second-order valence-corrected chi connectivity index (χ2v) is 7.65. The topological polar surface area (TPSA) is 124 Å². The van der Waals surface area contributed by atoms with Crippen molar-refractivity contribution < 1.29 is 24.2 Å². The number of anilines is 1. The van der Waals surface area contributed by atoms with E-state index in [0.29, 0.717) is 24.1 Å². The van der Waals surface area contributed by atoms with Crippen molar-refractivity contribution in [2.24, 2.45) is 0 Å². The van der Waals surface area contributed by atoms with Crippen LogP contribution in [0.1, 0.15) is 34.1 Å². The van der Waals surface area contributed by atoms with Crippen LogP contribution in [0.15, 0.2) is 60.7 Å². The van der Waals surface area contributed by atoms with Crippen molar-refractivity contribution in [2.75, 3.05) is 12.3 Å². The monoisotopic (exact) mass is 456 g/mol. The number of carboxylic acids is 1. The number of aliphatic carboxylic acids is 1. The van der Waals surface area contributed by atoms with Gasteiger partial charge < -0.3 is 15.6 Å². The maximum Gasteiger partial charge on any atom is 0.341 e. The molecular formula is C26H22N3O5. The zero-order valence-corrected chi connectivity index (χ0v) is 18.4. The molecule has 0 fully saturated rings. The normalized spacial score (nSPS) is 10.9. The highest BCUT2D eigenvalue weighted by atomic mass is 16.5. The Hall–Kier alpha value is -4.46. The molecule has 4 rings (SSSR count). The fraction of sp³-hybridized carbons (Fsp3) is 0.154. The minimum Gasteiger partial charge on any atom is -0.479 e. The van der Waals surface area contributed by atoms with Gasteiger partial charge in [0.05, 0.1) is 16.9 Å². The summed E-state index contributed by atoms with van der Waals surface area (Å²) in [6.45, 7) is 1.22. The summed E-state index contributed by atoms with van der Waals surface area (Å²) in [4.78, 5) is 35.5. The van der Waals surface area contributed by atoms with Gasteiger partial charge in [-0.3, -0.25) is 9.59 Å². The Kier molecular flexibility index (Phi) is 6.40. The summed E-state index contributed by atoms with van der Waals surface area (Å²) in [5.74, 6) is -2.34. The number of hydrogen-bond acceptors (Lipinski definition) is 6. The first kappa shape index (κ1) is 22.7. The fourth-order valence-electron chi connectivity index (χ4n) is 4.08. The quantitative estimate of drug-likeness (QED) is 0.292. The highest BCUT2D eigenvalue weighted by molar-refractivity contribution is 6.36. The molecule has 34 heavy (non-hydrogen) atoms. The molecule has 8 nitrogen and oxygen atoms in total. The van der Waals surface area contributed by atoms with Crippen LogP contribution >= 0.6 is 0 Å². The van der Waals surface area contributed by atoms with E-state index >= 15 is 0 Å². The Morgan fingerprint density at radius 2 is 1.74 bits per heavy atom. The highest BCUT2D eigenvalue weighted by Gasteiger charge is 2.29. The number of ketones is 1. The van der Waals surface area contributed by atoms with Crippen LogP contribution in [-0.2, 0) is 22.4 Å². The lowest BCUT2D eigenvalue weighted by Crippen LogP contribution is -2.16. The minimum atomic E-state index is -1.24. The van der Waals surface area contributed by atoms with Crippen molar-refractivity contribution in [1.82, 2.24) is 9.61 Å². The number of nitrogens with zero attached hydrogens (tertiary/aromatic N) is 2. The molecule has 0 aliphatic heterocycles. The molecule has 0 amide bonds. The molecule has 0 aliphatic rings. The summed E-state index contributed by atoms with van der Waals surface area (Å²) in [5.41, 5.74) is 10.2. The number of carbonyl (C=O) groups excluding carboxylic acids is 2. The fourth-order valence-corrected chi connectivity index (χ4v) is 4.08. The molecule has 8 heteroatoms. The van der Waals surface area contributed by atoms with Crippen LogP contribution in [0.4, 0.5) is 5.69 Å². The summed E-state index contributed by atoms with van der Waals surface area (Å²) in [6.07, 6.45) is 2.44. The van der Waals surface area contributed by atoms with E-state index in [4.69, 9.17) is 15.6 Å². The first-order chi connectivity index (χ1) is 16.5. The maximum atomic E-state index is 12.7. The highest BCUT2D eigenvalue weighted by Crippen LogP contribution is 2.40. The van der Waals surface area contributed by atoms with E-state index in [1.54, 1.807) is 34.8 Å². The Balaban J connectivity index is 2.11. The average Bonchev–Trinajstić information content (AvgIpc) is 3.12. The van der Waals surface area contributed by atoms with Gasteiger partial charge in [0, 0.05) is 12.0 Å². The van der Waals surface area contributed by atoms with E-state index in [1.165, 1.54) is 6.29 Å². The SMILES string of the molecule is CCc1c(N)c2c(OCC(=O)O)c(C(=O)[C]=O)c(-c3ccccc3)nn2c1Cc1ccccc1. The van der Waals surface area contributed by atoms with Gasteiger partial charge in [0.15, 0.2) is 12.4 Å². The molecule has 2 heterocycles. The van der Waals surface area contributed by atoms with Crippen molar-refractivity contribution >= 4 is 29.2 Å². The maximum absolute atomic E-state index is 12.7. The average molecular weight is 456 g/mol. The largest absolute Gasteiger partial charge is 0.479 e. The van der Waals surface area contributed by atoms with Crippen LogP contribution in [-0.4, -0.2) is 39.4 Å². The molecule has 0 bridgehead atoms. The molecule has 0 spiro atoms. The third-order valence-electron chi connectivity index (χ3n) is 5.55. The van der Waals surface area contributed by atoms with Gasteiger partial charge in [-0.25, -0.2) is 9.31 Å². The Morgan fingerprint density at radius 1 is 1.09 bits per heavy atom. The van der Waals surface area contributed by atoms with Gasteiger partial charge in [-0.15, -0.1) is 0 Å². The molecular weight excluding hydrogens is 434 g/mol. The predicted octanol–water partition coefficient (Wildman–Crippen LogP) is 3.49. The van der Waals surface area contributed by atoms with Gasteiger partial charge >= 0.3 is 5.97 Å². The summed E-state index contributed by atoms with van der Waals surface area (Å²) in [6, 6.07) is 18.6. The van der Waals surface area contributed by atoms with E-state index in [-0.39, 0.29) is 22.5 Å². The van der Waals surface area contributed by atoms with Gasteiger partial charge in [-0.1, -0.05) is 67.6 Å². The van der Waals surface area contributed by atoms with Crippen molar-refractivity contribution in [2.45, 2.75) is 19.8 Å². The number of hydrogen-bond donors (Lipinski definition) is 2. The molecule has 0 saturated carbocycles. The van der Waals surface area contributed by atoms with Gasteiger partial charge in [0.2, 0.25) is 5.78 Å². The number of carboxylic acid groups (broad SMARTS) is 1. The molecule has 3 N–H and O–H groups in total. The van der Waals surface area contributed by atoms with E-state index in [2.05, 4.69) is 0 Å². The van der Waals surface area contributed by atoms with Crippen LogP contribution in [0, 0.1) is 0 Å². The number of nitrogen functional groups attached to an aromatic ring is 1. The van der Waals surface area contributed by atoms with Gasteiger partial charge in [-0.05, 0) is 17.5 Å². The van der Waals surface area contributed by atoms with Crippen molar-refractivity contribution in [3.05, 3.63) is 83.0 Å².